The van der Waals surface area contributed by atoms with Gasteiger partial charge in [-0.1, -0.05) is 54.6 Å². The predicted octanol–water partition coefficient (Wildman–Crippen LogP) is 6.40. The molecule has 2 aromatic heterocycles. The van der Waals surface area contributed by atoms with E-state index < -0.39 is 5.63 Å². The average molecular weight is 459 g/mol. The van der Waals surface area contributed by atoms with Crippen molar-refractivity contribution in [2.45, 2.75) is 6.54 Å². The van der Waals surface area contributed by atoms with Crippen LogP contribution >= 0.6 is 11.3 Å². The van der Waals surface area contributed by atoms with Gasteiger partial charge in [-0.25, -0.2) is 14.2 Å². The second kappa shape index (κ2) is 8.88. The first-order chi connectivity index (χ1) is 16.1. The van der Waals surface area contributed by atoms with E-state index in [0.717, 1.165) is 10.9 Å². The molecule has 0 N–H and O–H groups in total. The minimum absolute atomic E-state index is 0.339. The lowest BCUT2D eigenvalue weighted by molar-refractivity contribution is 0.407. The largest absolute Gasteiger partial charge is 0.493 e. The third-order valence-corrected chi connectivity index (χ3v) is 6.13. The van der Waals surface area contributed by atoms with Gasteiger partial charge in [0.15, 0.2) is 16.5 Å². The van der Waals surface area contributed by atoms with Gasteiger partial charge in [-0.05, 0) is 29.8 Å². The number of para-hydroxylation sites is 2. The normalized spacial score (nSPS) is 11.0. The highest BCUT2D eigenvalue weighted by molar-refractivity contribution is 7.14. The van der Waals surface area contributed by atoms with Gasteiger partial charge in [-0.2, -0.15) is 0 Å². The highest BCUT2D eigenvalue weighted by atomic mass is 32.1. The van der Waals surface area contributed by atoms with E-state index in [9.17, 15) is 9.18 Å². The Labute approximate surface area is 193 Å². The van der Waals surface area contributed by atoms with Crippen LogP contribution in [-0.4, -0.2) is 12.1 Å². The Hall–Kier alpha value is -3.97. The van der Waals surface area contributed by atoms with Gasteiger partial charge in [0.2, 0.25) is 0 Å². The zero-order valence-electron chi connectivity index (χ0n) is 17.7. The molecule has 0 atom stereocenters. The number of thiazole rings is 1. The van der Waals surface area contributed by atoms with Crippen LogP contribution in [0, 0.1) is 5.82 Å². The van der Waals surface area contributed by atoms with Crippen LogP contribution in [0.1, 0.15) is 5.56 Å². The maximum atomic E-state index is 14.7. The van der Waals surface area contributed by atoms with Crippen molar-refractivity contribution >= 4 is 33.1 Å². The Morgan fingerprint density at radius 3 is 2.61 bits per heavy atom. The molecule has 0 aliphatic carbocycles. The number of methoxy groups -OCH3 is 1. The summed E-state index contributed by atoms with van der Waals surface area (Å²) in [7, 11) is 1.53. The lowest BCUT2D eigenvalue weighted by Gasteiger charge is -2.22. The number of halogens is 1. The van der Waals surface area contributed by atoms with E-state index in [4.69, 9.17) is 14.1 Å². The lowest BCUT2D eigenvalue weighted by Crippen LogP contribution is -2.17. The van der Waals surface area contributed by atoms with Crippen LogP contribution in [0.15, 0.2) is 93.5 Å². The lowest BCUT2D eigenvalue weighted by atomic mass is 10.1. The predicted molar refractivity (Wildman–Crippen MR) is 129 cm³/mol. The van der Waals surface area contributed by atoms with Gasteiger partial charge in [-0.15, -0.1) is 11.3 Å². The van der Waals surface area contributed by atoms with Crippen LogP contribution in [0.4, 0.5) is 15.2 Å². The average Bonchev–Trinajstić information content (AvgIpc) is 3.33. The van der Waals surface area contributed by atoms with Crippen molar-refractivity contribution in [3.63, 3.8) is 0 Å². The number of nitrogens with zero attached hydrogens (tertiary/aromatic N) is 2. The Balaban J connectivity index is 1.58. The first-order valence-corrected chi connectivity index (χ1v) is 11.1. The topological polar surface area (TPSA) is 55.6 Å². The van der Waals surface area contributed by atoms with Crippen LogP contribution in [-0.2, 0) is 6.54 Å². The van der Waals surface area contributed by atoms with Crippen molar-refractivity contribution in [2.75, 3.05) is 12.0 Å². The van der Waals surface area contributed by atoms with Gasteiger partial charge in [0.05, 0.1) is 30.6 Å². The molecule has 0 unspecified atom stereocenters. The Morgan fingerprint density at radius 1 is 1.03 bits per heavy atom. The maximum absolute atomic E-state index is 14.7. The molecule has 33 heavy (non-hydrogen) atoms. The summed E-state index contributed by atoms with van der Waals surface area (Å²) in [4.78, 5) is 19.3. The monoisotopic (exact) mass is 458 g/mol. The van der Waals surface area contributed by atoms with Crippen molar-refractivity contribution in [1.29, 1.82) is 0 Å². The molecule has 0 saturated carbocycles. The molecule has 5 rings (SSSR count). The second-order valence-corrected chi connectivity index (χ2v) is 8.20. The highest BCUT2D eigenvalue weighted by Gasteiger charge is 2.20. The molecule has 164 valence electrons. The minimum Gasteiger partial charge on any atom is -0.493 e. The molecular formula is C26H19FN2O3S. The summed E-state index contributed by atoms with van der Waals surface area (Å²) >= 11 is 1.34. The molecule has 0 saturated heterocycles. The summed E-state index contributed by atoms with van der Waals surface area (Å²) in [6, 6.07) is 23.5. The molecule has 0 aliphatic heterocycles. The van der Waals surface area contributed by atoms with Gasteiger partial charge in [0.1, 0.15) is 5.82 Å². The van der Waals surface area contributed by atoms with Gasteiger partial charge in [-0.3, -0.25) is 0 Å². The van der Waals surface area contributed by atoms with Crippen molar-refractivity contribution < 1.29 is 13.5 Å². The molecule has 3 aromatic carbocycles. The van der Waals surface area contributed by atoms with Crippen LogP contribution in [0.2, 0.25) is 0 Å². The van der Waals surface area contributed by atoms with E-state index in [-0.39, 0.29) is 5.82 Å². The number of benzene rings is 3. The summed E-state index contributed by atoms with van der Waals surface area (Å²) in [5.41, 5.74) is 2.12. The zero-order valence-corrected chi connectivity index (χ0v) is 18.5. The standard InChI is InChI=1S/C26H19FN2O3S/c1-31-23-13-7-10-18-14-19(25(30)32-24(18)23)21-16-33-26(28-21)29(15-17-8-3-2-4-9-17)22-12-6-5-11-20(22)27/h2-14,16H,15H2,1H3. The molecule has 2 heterocycles. The summed E-state index contributed by atoms with van der Waals surface area (Å²) in [6.07, 6.45) is 0. The fraction of sp³-hybridized carbons (Fsp3) is 0.0769. The second-order valence-electron chi connectivity index (χ2n) is 7.36. The van der Waals surface area contributed by atoms with Crippen LogP contribution in [0.5, 0.6) is 5.75 Å². The molecule has 5 nitrogen and oxygen atoms in total. The van der Waals surface area contributed by atoms with Gasteiger partial charge in [0, 0.05) is 10.8 Å². The number of fused-ring (bicyclic) bond motifs is 1. The molecule has 5 aromatic rings. The summed E-state index contributed by atoms with van der Waals surface area (Å²) in [5, 5.41) is 3.09. The van der Waals surface area contributed by atoms with Crippen LogP contribution < -0.4 is 15.3 Å². The molecule has 0 amide bonds. The third-order valence-electron chi connectivity index (χ3n) is 5.27. The molecule has 0 fully saturated rings. The molecule has 0 bridgehead atoms. The van der Waals surface area contributed by atoms with Crippen molar-refractivity contribution in [3.8, 4) is 17.0 Å². The number of ether oxygens (including phenoxy) is 1. The summed E-state index contributed by atoms with van der Waals surface area (Å²) < 4.78 is 25.6. The molecule has 0 spiro atoms. The van der Waals surface area contributed by atoms with E-state index in [1.807, 2.05) is 47.4 Å². The smallest absolute Gasteiger partial charge is 0.345 e. The molecular weight excluding hydrogens is 439 g/mol. The zero-order chi connectivity index (χ0) is 22.8. The maximum Gasteiger partial charge on any atom is 0.345 e. The van der Waals surface area contributed by atoms with Crippen LogP contribution in [0.25, 0.3) is 22.2 Å². The van der Waals surface area contributed by atoms with Gasteiger partial charge in [0.25, 0.3) is 0 Å². The SMILES string of the molecule is COc1cccc2cc(-c3csc(N(Cc4ccccc4)c4ccccc4F)n3)c(=O)oc12. The molecule has 7 heteroatoms. The first-order valence-electron chi connectivity index (χ1n) is 10.3. The van der Waals surface area contributed by atoms with Crippen molar-refractivity contribution in [1.82, 2.24) is 4.98 Å². The van der Waals surface area contributed by atoms with E-state index in [1.54, 1.807) is 35.7 Å². The highest BCUT2D eigenvalue weighted by Crippen LogP contribution is 2.35. The molecule has 0 radical (unpaired) electrons. The van der Waals surface area contributed by atoms with E-state index >= 15 is 0 Å². The fourth-order valence-corrected chi connectivity index (χ4v) is 4.50. The third kappa shape index (κ3) is 4.10. The van der Waals surface area contributed by atoms with E-state index in [0.29, 0.717) is 40.0 Å². The van der Waals surface area contributed by atoms with E-state index in [1.165, 1.54) is 24.5 Å². The Bertz CT molecular complexity index is 1480. The van der Waals surface area contributed by atoms with Crippen molar-refractivity contribution in [3.05, 3.63) is 106 Å². The van der Waals surface area contributed by atoms with Gasteiger partial charge < -0.3 is 14.1 Å². The fourth-order valence-electron chi connectivity index (χ4n) is 3.66. The van der Waals surface area contributed by atoms with Crippen LogP contribution in [0.3, 0.4) is 0 Å². The first kappa shape index (κ1) is 20.9. The quantitative estimate of drug-likeness (QED) is 0.276. The number of aromatic nitrogens is 1. The minimum atomic E-state index is -0.510. The summed E-state index contributed by atoms with van der Waals surface area (Å²) in [5.74, 6) is 0.145. The number of hydrogen-bond donors (Lipinski definition) is 0. The number of hydrogen-bond acceptors (Lipinski definition) is 6. The number of rotatable bonds is 6. The summed E-state index contributed by atoms with van der Waals surface area (Å²) in [6.45, 7) is 0.429. The van der Waals surface area contributed by atoms with Gasteiger partial charge >= 0.3 is 5.63 Å². The van der Waals surface area contributed by atoms with Crippen molar-refractivity contribution in [2.24, 2.45) is 0 Å². The van der Waals surface area contributed by atoms with E-state index in [2.05, 4.69) is 0 Å². The molecule has 0 aliphatic rings. The Kier molecular flexibility index (Phi) is 5.62. The number of anilines is 2. The Morgan fingerprint density at radius 2 is 1.82 bits per heavy atom.